The molecule has 0 atom stereocenters. The fourth-order valence-corrected chi connectivity index (χ4v) is 5.85. The number of anilines is 1. The van der Waals surface area contributed by atoms with Crippen molar-refractivity contribution < 1.29 is 13.2 Å². The van der Waals surface area contributed by atoms with Gasteiger partial charge < -0.3 is 4.90 Å². The van der Waals surface area contributed by atoms with Gasteiger partial charge >= 0.3 is 0 Å². The molecule has 0 aliphatic carbocycles. The summed E-state index contributed by atoms with van der Waals surface area (Å²) in [6, 6.07) is 14.5. The number of sulfonamides is 1. The summed E-state index contributed by atoms with van der Waals surface area (Å²) in [6.07, 6.45) is 3.47. The highest BCUT2D eigenvalue weighted by atomic mass is 32.2. The second kappa shape index (κ2) is 7.11. The molecule has 4 rings (SSSR count). The molecule has 0 N–H and O–H groups in total. The van der Waals surface area contributed by atoms with E-state index in [1.54, 1.807) is 18.2 Å². The van der Waals surface area contributed by atoms with Gasteiger partial charge in [0.25, 0.3) is 0 Å². The average molecular weight is 411 g/mol. The monoisotopic (exact) mass is 410 g/mol. The van der Waals surface area contributed by atoms with Crippen molar-refractivity contribution in [3.05, 3.63) is 71.4 Å². The minimum Gasteiger partial charge on any atom is -0.347 e. The lowest BCUT2D eigenvalue weighted by molar-refractivity contribution is 0.104. The molecule has 5 nitrogen and oxygen atoms in total. The number of benzene rings is 2. The van der Waals surface area contributed by atoms with E-state index in [2.05, 4.69) is 30.9 Å². The Labute approximate surface area is 172 Å². The lowest BCUT2D eigenvalue weighted by Gasteiger charge is -2.24. The molecule has 0 unspecified atom stereocenters. The average Bonchev–Trinajstić information content (AvgIpc) is 3.32. The summed E-state index contributed by atoms with van der Waals surface area (Å²) in [6.45, 7) is 5.36. The zero-order valence-corrected chi connectivity index (χ0v) is 17.9. The Hall–Kier alpha value is -2.44. The first kappa shape index (κ1) is 19.9. The quantitative estimate of drug-likeness (QED) is 0.565. The third kappa shape index (κ3) is 3.30. The Morgan fingerprint density at radius 3 is 2.24 bits per heavy atom. The van der Waals surface area contributed by atoms with E-state index >= 15 is 0 Å². The van der Waals surface area contributed by atoms with Crippen LogP contribution in [0.1, 0.15) is 42.6 Å². The van der Waals surface area contributed by atoms with E-state index in [-0.39, 0.29) is 16.1 Å². The number of carbonyl (C=O) groups is 1. The van der Waals surface area contributed by atoms with Crippen LogP contribution >= 0.6 is 0 Å². The first-order chi connectivity index (χ1) is 13.7. The van der Waals surface area contributed by atoms with Gasteiger partial charge in [-0.05, 0) is 48.7 Å². The molecule has 2 aromatic rings. The van der Waals surface area contributed by atoms with Gasteiger partial charge in [0, 0.05) is 48.6 Å². The Morgan fingerprint density at radius 1 is 1.00 bits per heavy atom. The van der Waals surface area contributed by atoms with Gasteiger partial charge in [-0.2, -0.15) is 4.31 Å². The van der Waals surface area contributed by atoms with E-state index in [1.165, 1.54) is 22.0 Å². The van der Waals surface area contributed by atoms with Gasteiger partial charge in [-0.3, -0.25) is 4.79 Å². The standard InChI is InChI=1S/C23H26N2O3S/c1-23(2)19-8-4-5-9-20(19)24(3)22(23)16-21(26)17-10-12-18(13-11-17)29(27,28)25-14-6-7-15-25/h4-5,8-13,16H,6-7,14-15H2,1-3H3/b22-16-. The SMILES string of the molecule is CN1/C(=C\C(=O)c2ccc(S(=O)(=O)N3CCCC3)cc2)C(C)(C)c2ccccc21. The number of hydrogen-bond acceptors (Lipinski definition) is 4. The van der Waals surface area contributed by atoms with Gasteiger partial charge in [-0.25, -0.2) is 8.42 Å². The van der Waals surface area contributed by atoms with E-state index in [0.717, 1.165) is 24.2 Å². The molecule has 2 aliphatic heterocycles. The molecule has 1 saturated heterocycles. The Morgan fingerprint density at radius 2 is 1.62 bits per heavy atom. The van der Waals surface area contributed by atoms with Crippen LogP contribution in [0.15, 0.2) is 65.2 Å². The zero-order chi connectivity index (χ0) is 20.8. The first-order valence-electron chi connectivity index (χ1n) is 9.93. The minimum atomic E-state index is -3.47. The van der Waals surface area contributed by atoms with Crippen molar-refractivity contribution in [3.8, 4) is 0 Å². The van der Waals surface area contributed by atoms with Crippen LogP contribution in [-0.2, 0) is 15.4 Å². The number of carbonyl (C=O) groups excluding carboxylic acids is 1. The molecule has 152 valence electrons. The van der Waals surface area contributed by atoms with E-state index in [9.17, 15) is 13.2 Å². The van der Waals surface area contributed by atoms with Crippen LogP contribution in [0.5, 0.6) is 0 Å². The maximum atomic E-state index is 12.9. The van der Waals surface area contributed by atoms with Gasteiger partial charge in [-0.1, -0.05) is 32.0 Å². The molecule has 2 aromatic carbocycles. The molecule has 0 amide bonds. The molecular weight excluding hydrogens is 384 g/mol. The van der Waals surface area contributed by atoms with Crippen LogP contribution in [0.3, 0.4) is 0 Å². The molecule has 29 heavy (non-hydrogen) atoms. The van der Waals surface area contributed by atoms with Crippen molar-refractivity contribution in [2.75, 3.05) is 25.0 Å². The third-order valence-electron chi connectivity index (χ3n) is 6.05. The minimum absolute atomic E-state index is 0.127. The van der Waals surface area contributed by atoms with Gasteiger partial charge in [0.05, 0.1) is 4.90 Å². The summed E-state index contributed by atoms with van der Waals surface area (Å²) in [5.41, 5.74) is 3.42. The number of fused-ring (bicyclic) bond motifs is 1. The van der Waals surface area contributed by atoms with Gasteiger partial charge in [-0.15, -0.1) is 0 Å². The number of nitrogens with zero attached hydrogens (tertiary/aromatic N) is 2. The summed E-state index contributed by atoms with van der Waals surface area (Å²) in [7, 11) is -1.50. The summed E-state index contributed by atoms with van der Waals surface area (Å²) >= 11 is 0. The zero-order valence-electron chi connectivity index (χ0n) is 17.1. The second-order valence-corrected chi connectivity index (χ2v) is 10.2. The van der Waals surface area contributed by atoms with Crippen molar-refractivity contribution in [2.24, 2.45) is 0 Å². The number of para-hydroxylation sites is 1. The Bertz CT molecular complexity index is 1080. The molecule has 6 heteroatoms. The highest BCUT2D eigenvalue weighted by Crippen LogP contribution is 2.46. The molecule has 0 aromatic heterocycles. The molecule has 1 fully saturated rings. The number of rotatable bonds is 4. The highest BCUT2D eigenvalue weighted by molar-refractivity contribution is 7.89. The number of ketones is 1. The fourth-order valence-electron chi connectivity index (χ4n) is 4.34. The van der Waals surface area contributed by atoms with Gasteiger partial charge in [0.15, 0.2) is 5.78 Å². The van der Waals surface area contributed by atoms with E-state index in [0.29, 0.717) is 18.7 Å². The maximum Gasteiger partial charge on any atom is 0.243 e. The maximum absolute atomic E-state index is 12.9. The van der Waals surface area contributed by atoms with E-state index < -0.39 is 10.0 Å². The lowest BCUT2D eigenvalue weighted by atomic mass is 9.83. The Kier molecular flexibility index (Phi) is 4.87. The van der Waals surface area contributed by atoms with Crippen LogP contribution in [0.2, 0.25) is 0 Å². The van der Waals surface area contributed by atoms with Crippen LogP contribution in [0, 0.1) is 0 Å². The van der Waals surface area contributed by atoms with Crippen molar-refractivity contribution in [1.29, 1.82) is 0 Å². The third-order valence-corrected chi connectivity index (χ3v) is 7.96. The summed E-state index contributed by atoms with van der Waals surface area (Å²) in [4.78, 5) is 15.2. The first-order valence-corrected chi connectivity index (χ1v) is 11.4. The molecule has 0 bridgehead atoms. The second-order valence-electron chi connectivity index (χ2n) is 8.23. The van der Waals surface area contributed by atoms with Crippen molar-refractivity contribution in [1.82, 2.24) is 4.31 Å². The normalized spacial score (nSPS) is 20.2. The molecule has 2 heterocycles. The van der Waals surface area contributed by atoms with E-state index in [1.807, 2.05) is 19.2 Å². The lowest BCUT2D eigenvalue weighted by Crippen LogP contribution is -2.27. The number of likely N-dealkylation sites (N-methyl/N-ethyl adjacent to an activating group) is 1. The van der Waals surface area contributed by atoms with Gasteiger partial charge in [0.1, 0.15) is 0 Å². The smallest absolute Gasteiger partial charge is 0.243 e. The largest absolute Gasteiger partial charge is 0.347 e. The van der Waals surface area contributed by atoms with Gasteiger partial charge in [0.2, 0.25) is 10.0 Å². The van der Waals surface area contributed by atoms with E-state index in [4.69, 9.17) is 0 Å². The van der Waals surface area contributed by atoms with Crippen molar-refractivity contribution in [2.45, 2.75) is 37.0 Å². The van der Waals surface area contributed by atoms with Crippen molar-refractivity contribution >= 4 is 21.5 Å². The molecular formula is C23H26N2O3S. The molecule has 0 radical (unpaired) electrons. The number of hydrogen-bond donors (Lipinski definition) is 0. The topological polar surface area (TPSA) is 57.7 Å². The molecule has 0 spiro atoms. The molecule has 2 aliphatic rings. The van der Waals surface area contributed by atoms with Crippen LogP contribution < -0.4 is 4.90 Å². The molecule has 0 saturated carbocycles. The van der Waals surface area contributed by atoms with Crippen molar-refractivity contribution in [3.63, 3.8) is 0 Å². The predicted molar refractivity (Wildman–Crippen MR) is 115 cm³/mol. The summed E-state index contributed by atoms with van der Waals surface area (Å²) < 4.78 is 26.9. The van der Waals surface area contributed by atoms with Crippen LogP contribution in [0.4, 0.5) is 5.69 Å². The summed E-state index contributed by atoms with van der Waals surface area (Å²) in [5, 5.41) is 0. The fraction of sp³-hybridized carbons (Fsp3) is 0.348. The number of allylic oxidation sites excluding steroid dienone is 2. The van der Waals surface area contributed by atoms with Crippen LogP contribution in [0.25, 0.3) is 0 Å². The highest BCUT2D eigenvalue weighted by Gasteiger charge is 2.38. The predicted octanol–water partition coefficient (Wildman–Crippen LogP) is 3.97. The summed E-state index contributed by atoms with van der Waals surface area (Å²) in [5.74, 6) is -0.127. The van der Waals surface area contributed by atoms with Crippen LogP contribution in [-0.4, -0.2) is 38.6 Å². The Balaban J connectivity index is 1.61.